The number of ether oxygens (including phenoxy) is 2. The minimum atomic E-state index is -4.71. The molecule has 8 nitrogen and oxygen atoms in total. The lowest BCUT2D eigenvalue weighted by Gasteiger charge is -2.18. The second-order valence-electron chi connectivity index (χ2n) is 9.78. The van der Waals surface area contributed by atoms with Gasteiger partial charge in [-0.05, 0) is 44.9 Å². The SMILES string of the molecule is CC/C=C\C/C=C\C/C=C\C/C=C\CCCCCCCCCCCCC(=O)OC(COC(C)=O)COP(=O)(O)O. The van der Waals surface area contributed by atoms with Gasteiger partial charge in [0.1, 0.15) is 6.61 Å². The summed E-state index contributed by atoms with van der Waals surface area (Å²) in [5.74, 6) is -1.09. The smallest absolute Gasteiger partial charge is 0.462 e. The fourth-order valence-electron chi connectivity index (χ4n) is 3.79. The van der Waals surface area contributed by atoms with Crippen molar-refractivity contribution in [2.45, 2.75) is 123 Å². The van der Waals surface area contributed by atoms with Gasteiger partial charge in [0, 0.05) is 13.3 Å². The molecule has 2 N–H and O–H groups in total. The van der Waals surface area contributed by atoms with Gasteiger partial charge in [-0.15, -0.1) is 0 Å². The minimum Gasteiger partial charge on any atom is -0.462 e. The fraction of sp³-hybridized carbons (Fsp3) is 0.677. The summed E-state index contributed by atoms with van der Waals surface area (Å²) in [6, 6.07) is 0. The first-order chi connectivity index (χ1) is 19.2. The molecule has 0 aromatic carbocycles. The second kappa shape index (κ2) is 27.2. The molecule has 0 spiro atoms. The summed E-state index contributed by atoms with van der Waals surface area (Å²) in [5.41, 5.74) is 0. The third kappa shape index (κ3) is 30.6. The van der Waals surface area contributed by atoms with Crippen LogP contribution in [0.5, 0.6) is 0 Å². The topological polar surface area (TPSA) is 119 Å². The first-order valence-electron chi connectivity index (χ1n) is 14.9. The number of hydrogen-bond donors (Lipinski definition) is 2. The van der Waals surface area contributed by atoms with Gasteiger partial charge in [-0.25, -0.2) is 4.57 Å². The van der Waals surface area contributed by atoms with Gasteiger partial charge >= 0.3 is 19.8 Å². The van der Waals surface area contributed by atoms with E-state index in [-0.39, 0.29) is 13.0 Å². The third-order valence-electron chi connectivity index (χ3n) is 5.92. The van der Waals surface area contributed by atoms with Crippen molar-refractivity contribution in [2.75, 3.05) is 13.2 Å². The molecule has 40 heavy (non-hydrogen) atoms. The molecule has 0 radical (unpaired) electrons. The molecule has 0 aliphatic rings. The largest absolute Gasteiger partial charge is 0.469 e. The third-order valence-corrected chi connectivity index (χ3v) is 6.41. The lowest BCUT2D eigenvalue weighted by Crippen LogP contribution is -2.29. The highest BCUT2D eigenvalue weighted by Crippen LogP contribution is 2.35. The summed E-state index contributed by atoms with van der Waals surface area (Å²) in [6.45, 7) is 2.48. The van der Waals surface area contributed by atoms with E-state index in [1.807, 2.05) is 0 Å². The van der Waals surface area contributed by atoms with Crippen molar-refractivity contribution < 1.29 is 37.9 Å². The summed E-state index contributed by atoms with van der Waals surface area (Å²) < 4.78 is 25.1. The molecule has 230 valence electrons. The highest BCUT2D eigenvalue weighted by molar-refractivity contribution is 7.46. The molecular formula is C31H53O8P. The predicted molar refractivity (Wildman–Crippen MR) is 161 cm³/mol. The highest BCUT2D eigenvalue weighted by Gasteiger charge is 2.22. The van der Waals surface area contributed by atoms with Crippen molar-refractivity contribution in [3.63, 3.8) is 0 Å². The summed E-state index contributed by atoms with van der Waals surface area (Å²) in [6.07, 6.45) is 33.6. The normalized spacial score (nSPS) is 13.2. The number of carbonyl (C=O) groups excluding carboxylic acids is 2. The average Bonchev–Trinajstić information content (AvgIpc) is 2.90. The molecule has 0 fully saturated rings. The maximum atomic E-state index is 12.0. The van der Waals surface area contributed by atoms with Crippen LogP contribution in [0.25, 0.3) is 0 Å². The maximum absolute atomic E-state index is 12.0. The van der Waals surface area contributed by atoms with Crippen LogP contribution in [-0.4, -0.2) is 41.0 Å². The van der Waals surface area contributed by atoms with Crippen LogP contribution in [0.1, 0.15) is 117 Å². The van der Waals surface area contributed by atoms with Crippen LogP contribution in [0.4, 0.5) is 0 Å². The standard InChI is InChI=1S/C31H53O8P/c1-3-4-5-6-7-8-9-10-11-12-13-14-15-16-17-18-19-20-21-22-23-24-25-26-31(33)39-30(27-37-29(2)32)28-38-40(34,35)36/h4-5,7-8,10-11,13-14,30H,3,6,9,12,15-28H2,1-2H3,(H2,34,35,36)/b5-4-,8-7-,11-10-,14-13-. The highest BCUT2D eigenvalue weighted by atomic mass is 31.2. The number of carbonyl (C=O) groups is 2. The second-order valence-corrected chi connectivity index (χ2v) is 11.0. The van der Waals surface area contributed by atoms with Gasteiger partial charge in [0.25, 0.3) is 0 Å². The Labute approximate surface area is 242 Å². The molecule has 0 aliphatic carbocycles. The maximum Gasteiger partial charge on any atom is 0.469 e. The van der Waals surface area contributed by atoms with Crippen molar-refractivity contribution in [3.05, 3.63) is 48.6 Å². The van der Waals surface area contributed by atoms with Crippen LogP contribution in [-0.2, 0) is 28.2 Å². The molecule has 0 rings (SSSR count). The van der Waals surface area contributed by atoms with Crippen molar-refractivity contribution in [2.24, 2.45) is 0 Å². The van der Waals surface area contributed by atoms with Crippen molar-refractivity contribution in [1.82, 2.24) is 0 Å². The summed E-state index contributed by atoms with van der Waals surface area (Å²) in [5, 5.41) is 0. The van der Waals surface area contributed by atoms with E-state index in [1.54, 1.807) is 0 Å². The Morgan fingerprint density at radius 2 is 1.18 bits per heavy atom. The van der Waals surface area contributed by atoms with Gasteiger partial charge in [-0.3, -0.25) is 14.1 Å². The van der Waals surface area contributed by atoms with E-state index in [0.717, 1.165) is 51.4 Å². The first kappa shape index (κ1) is 38.0. The summed E-state index contributed by atoms with van der Waals surface area (Å²) in [7, 11) is -4.71. The van der Waals surface area contributed by atoms with Crippen LogP contribution in [0.2, 0.25) is 0 Å². The molecule has 0 aromatic heterocycles. The molecular weight excluding hydrogens is 531 g/mol. The number of hydrogen-bond acceptors (Lipinski definition) is 6. The zero-order valence-corrected chi connectivity index (χ0v) is 25.6. The molecule has 1 atom stereocenters. The van der Waals surface area contributed by atoms with Gasteiger partial charge in [-0.2, -0.15) is 0 Å². The van der Waals surface area contributed by atoms with E-state index in [4.69, 9.17) is 19.3 Å². The molecule has 9 heteroatoms. The Kier molecular flexibility index (Phi) is 25.8. The van der Waals surface area contributed by atoms with E-state index in [9.17, 15) is 14.2 Å². The van der Waals surface area contributed by atoms with E-state index >= 15 is 0 Å². The minimum absolute atomic E-state index is 0.200. The molecule has 0 amide bonds. The van der Waals surface area contributed by atoms with Gasteiger partial charge in [-0.1, -0.05) is 107 Å². The quantitative estimate of drug-likeness (QED) is 0.0453. The van der Waals surface area contributed by atoms with Gasteiger partial charge < -0.3 is 19.3 Å². The number of phosphoric acid groups is 1. The van der Waals surface area contributed by atoms with Gasteiger partial charge in [0.05, 0.1) is 6.61 Å². The van der Waals surface area contributed by atoms with Crippen molar-refractivity contribution in [1.29, 1.82) is 0 Å². The average molecular weight is 585 g/mol. The van der Waals surface area contributed by atoms with Crippen molar-refractivity contribution >= 4 is 19.8 Å². The molecule has 0 bridgehead atoms. The first-order valence-corrected chi connectivity index (χ1v) is 16.4. The number of phosphoric ester groups is 1. The van der Waals surface area contributed by atoms with Crippen LogP contribution in [0.15, 0.2) is 48.6 Å². The van der Waals surface area contributed by atoms with Gasteiger partial charge in [0.15, 0.2) is 6.10 Å². The summed E-state index contributed by atoms with van der Waals surface area (Å²) in [4.78, 5) is 40.6. The Morgan fingerprint density at radius 1 is 0.700 bits per heavy atom. The molecule has 0 saturated carbocycles. The van der Waals surface area contributed by atoms with E-state index in [0.29, 0.717) is 6.42 Å². The zero-order chi connectivity index (χ0) is 29.7. The van der Waals surface area contributed by atoms with E-state index < -0.39 is 32.5 Å². The molecule has 0 saturated heterocycles. The Bertz CT molecular complexity index is 797. The zero-order valence-electron chi connectivity index (χ0n) is 24.7. The monoisotopic (exact) mass is 584 g/mol. The Hall–Kier alpha value is -1.99. The van der Waals surface area contributed by atoms with Crippen molar-refractivity contribution in [3.8, 4) is 0 Å². The lowest BCUT2D eigenvalue weighted by atomic mass is 10.0. The summed E-state index contributed by atoms with van der Waals surface area (Å²) >= 11 is 0. The molecule has 0 aliphatic heterocycles. The van der Waals surface area contributed by atoms with Crippen LogP contribution in [0, 0.1) is 0 Å². The molecule has 0 aromatic rings. The molecule has 0 heterocycles. The molecule has 1 unspecified atom stereocenters. The number of rotatable bonds is 26. The van der Waals surface area contributed by atoms with Crippen LogP contribution < -0.4 is 0 Å². The van der Waals surface area contributed by atoms with E-state index in [1.165, 1.54) is 45.4 Å². The number of esters is 2. The van der Waals surface area contributed by atoms with E-state index in [2.05, 4.69) is 60.1 Å². The Morgan fingerprint density at radius 3 is 1.68 bits per heavy atom. The lowest BCUT2D eigenvalue weighted by molar-refractivity contribution is -0.160. The number of allylic oxidation sites excluding steroid dienone is 8. The van der Waals surface area contributed by atoms with Gasteiger partial charge in [0.2, 0.25) is 0 Å². The van der Waals surface area contributed by atoms with Crippen LogP contribution >= 0.6 is 7.82 Å². The Balaban J connectivity index is 3.62. The fourth-order valence-corrected chi connectivity index (χ4v) is 4.16. The predicted octanol–water partition coefficient (Wildman–Crippen LogP) is 8.06. The van der Waals surface area contributed by atoms with Crippen LogP contribution in [0.3, 0.4) is 0 Å². The number of unbranched alkanes of at least 4 members (excludes halogenated alkanes) is 10.